The molecule has 0 radical (unpaired) electrons. The third-order valence-electron chi connectivity index (χ3n) is 3.00. The van der Waals surface area contributed by atoms with Crippen molar-refractivity contribution in [1.29, 1.82) is 0 Å². The summed E-state index contributed by atoms with van der Waals surface area (Å²) in [5, 5.41) is 3.35. The normalized spacial score (nSPS) is 18.1. The van der Waals surface area contributed by atoms with Gasteiger partial charge in [0.25, 0.3) is 0 Å². The van der Waals surface area contributed by atoms with Gasteiger partial charge in [-0.1, -0.05) is 13.8 Å². The Labute approximate surface area is 93.2 Å². The molecule has 1 saturated heterocycles. The van der Waals surface area contributed by atoms with E-state index in [1.54, 1.807) is 0 Å². The first-order valence-corrected chi connectivity index (χ1v) is 6.04. The fourth-order valence-corrected chi connectivity index (χ4v) is 2.06. The van der Waals surface area contributed by atoms with Gasteiger partial charge in [0.1, 0.15) is 0 Å². The van der Waals surface area contributed by atoms with E-state index in [1.165, 1.54) is 12.8 Å². The first kappa shape index (κ1) is 12.5. The maximum Gasteiger partial charge on any atom is 0.222 e. The lowest BCUT2D eigenvalue weighted by Gasteiger charge is -2.28. The molecular formula is C12H24N2O. The number of nitrogens with one attached hydrogen (secondary N) is 1. The number of piperidine rings is 1. The molecule has 1 rings (SSSR count). The van der Waals surface area contributed by atoms with Crippen LogP contribution >= 0.6 is 0 Å². The van der Waals surface area contributed by atoms with Crippen molar-refractivity contribution in [3.63, 3.8) is 0 Å². The van der Waals surface area contributed by atoms with Crippen LogP contribution in [0.2, 0.25) is 0 Å². The molecule has 0 atom stereocenters. The summed E-state index contributed by atoms with van der Waals surface area (Å²) >= 11 is 0. The van der Waals surface area contributed by atoms with Crippen LogP contribution in [0.15, 0.2) is 0 Å². The monoisotopic (exact) mass is 212 g/mol. The molecular weight excluding hydrogens is 188 g/mol. The van der Waals surface area contributed by atoms with Crippen molar-refractivity contribution in [2.45, 2.75) is 33.1 Å². The molecule has 88 valence electrons. The minimum absolute atomic E-state index is 0.295. The van der Waals surface area contributed by atoms with E-state index < -0.39 is 0 Å². The molecule has 0 aromatic rings. The van der Waals surface area contributed by atoms with Crippen LogP contribution < -0.4 is 5.32 Å². The van der Waals surface area contributed by atoms with E-state index in [0.29, 0.717) is 24.2 Å². The molecule has 0 aliphatic carbocycles. The summed E-state index contributed by atoms with van der Waals surface area (Å²) in [6.07, 6.45) is 3.10. The Balaban J connectivity index is 2.26. The molecule has 0 saturated carbocycles. The van der Waals surface area contributed by atoms with Crippen molar-refractivity contribution in [2.24, 2.45) is 11.8 Å². The average molecular weight is 212 g/mol. The zero-order valence-corrected chi connectivity index (χ0v) is 10.3. The largest absolute Gasteiger partial charge is 0.345 e. The molecule has 0 unspecified atom stereocenters. The Hall–Kier alpha value is -0.570. The van der Waals surface area contributed by atoms with Crippen LogP contribution in [-0.4, -0.2) is 37.5 Å². The highest BCUT2D eigenvalue weighted by Gasteiger charge is 2.18. The lowest BCUT2D eigenvalue weighted by atomic mass is 9.97. The van der Waals surface area contributed by atoms with Gasteiger partial charge in [0.05, 0.1) is 0 Å². The average Bonchev–Trinajstić information content (AvgIpc) is 2.18. The van der Waals surface area contributed by atoms with Gasteiger partial charge in [-0.15, -0.1) is 0 Å². The third kappa shape index (κ3) is 4.65. The molecule has 0 aromatic heterocycles. The van der Waals surface area contributed by atoms with Gasteiger partial charge in [0.2, 0.25) is 5.91 Å². The van der Waals surface area contributed by atoms with Crippen LogP contribution in [0, 0.1) is 11.8 Å². The van der Waals surface area contributed by atoms with Gasteiger partial charge >= 0.3 is 0 Å². The zero-order chi connectivity index (χ0) is 11.3. The second kappa shape index (κ2) is 6.11. The van der Waals surface area contributed by atoms with Crippen molar-refractivity contribution in [3.8, 4) is 0 Å². The molecule has 0 spiro atoms. The number of amides is 1. The summed E-state index contributed by atoms with van der Waals surface area (Å²) in [4.78, 5) is 13.7. The van der Waals surface area contributed by atoms with E-state index in [2.05, 4.69) is 19.2 Å². The molecule has 1 aliphatic heterocycles. The summed E-state index contributed by atoms with van der Waals surface area (Å²) < 4.78 is 0. The van der Waals surface area contributed by atoms with E-state index in [-0.39, 0.29) is 0 Å². The van der Waals surface area contributed by atoms with E-state index in [1.807, 2.05) is 11.9 Å². The van der Waals surface area contributed by atoms with Gasteiger partial charge in [-0.2, -0.15) is 0 Å². The third-order valence-corrected chi connectivity index (χ3v) is 3.00. The van der Waals surface area contributed by atoms with Crippen LogP contribution in [0.1, 0.15) is 33.1 Å². The predicted molar refractivity (Wildman–Crippen MR) is 62.7 cm³/mol. The summed E-state index contributed by atoms with van der Waals surface area (Å²) in [7, 11) is 1.94. The topological polar surface area (TPSA) is 32.3 Å². The molecule has 1 heterocycles. The van der Waals surface area contributed by atoms with Crippen molar-refractivity contribution in [2.75, 3.05) is 26.7 Å². The minimum Gasteiger partial charge on any atom is -0.345 e. The predicted octanol–water partition coefficient (Wildman–Crippen LogP) is 1.49. The first-order valence-electron chi connectivity index (χ1n) is 6.04. The second-order valence-electron chi connectivity index (χ2n) is 5.07. The number of rotatable bonds is 4. The summed E-state index contributed by atoms with van der Waals surface area (Å²) in [6, 6.07) is 0. The maximum absolute atomic E-state index is 11.7. The fraction of sp³-hybridized carbons (Fsp3) is 0.917. The Bertz CT molecular complexity index is 198. The fourth-order valence-electron chi connectivity index (χ4n) is 2.06. The lowest BCUT2D eigenvalue weighted by Crippen LogP contribution is -2.37. The van der Waals surface area contributed by atoms with Gasteiger partial charge in [0.15, 0.2) is 0 Å². The van der Waals surface area contributed by atoms with Crippen molar-refractivity contribution in [1.82, 2.24) is 10.2 Å². The molecule has 0 bridgehead atoms. The highest BCUT2D eigenvalue weighted by atomic mass is 16.2. The van der Waals surface area contributed by atoms with E-state index >= 15 is 0 Å². The molecule has 3 heteroatoms. The number of carbonyl (C=O) groups excluding carboxylic acids is 1. The Morgan fingerprint density at radius 2 is 2.00 bits per heavy atom. The molecule has 0 aromatic carbocycles. The summed E-state index contributed by atoms with van der Waals surface area (Å²) in [5.41, 5.74) is 0. The van der Waals surface area contributed by atoms with E-state index in [9.17, 15) is 4.79 Å². The van der Waals surface area contributed by atoms with Crippen LogP contribution in [0.3, 0.4) is 0 Å². The number of hydrogen-bond acceptors (Lipinski definition) is 2. The quantitative estimate of drug-likeness (QED) is 0.766. The van der Waals surface area contributed by atoms with Gasteiger partial charge in [-0.25, -0.2) is 0 Å². The summed E-state index contributed by atoms with van der Waals surface area (Å²) in [6.45, 7) is 7.34. The number of hydrogen-bond donors (Lipinski definition) is 1. The molecule has 1 fully saturated rings. The number of nitrogens with zero attached hydrogens (tertiary/aromatic N) is 1. The van der Waals surface area contributed by atoms with Crippen LogP contribution in [0.4, 0.5) is 0 Å². The minimum atomic E-state index is 0.295. The summed E-state index contributed by atoms with van der Waals surface area (Å²) in [5.74, 6) is 1.46. The first-order chi connectivity index (χ1) is 7.09. The van der Waals surface area contributed by atoms with Crippen molar-refractivity contribution < 1.29 is 4.79 Å². The maximum atomic E-state index is 11.7. The van der Waals surface area contributed by atoms with Crippen molar-refractivity contribution >= 4 is 5.91 Å². The van der Waals surface area contributed by atoms with E-state index in [4.69, 9.17) is 0 Å². The molecule has 1 amide bonds. The van der Waals surface area contributed by atoms with Crippen molar-refractivity contribution in [3.05, 3.63) is 0 Å². The molecule has 3 nitrogen and oxygen atoms in total. The molecule has 1 aliphatic rings. The van der Waals surface area contributed by atoms with Crippen LogP contribution in [-0.2, 0) is 4.79 Å². The van der Waals surface area contributed by atoms with Gasteiger partial charge in [0, 0.05) is 20.0 Å². The SMILES string of the molecule is CC(C)CC(=O)N(C)CC1CCNCC1. The Kier molecular flexibility index (Phi) is 5.09. The van der Waals surface area contributed by atoms with Gasteiger partial charge in [-0.05, 0) is 37.8 Å². The highest BCUT2D eigenvalue weighted by Crippen LogP contribution is 2.13. The Morgan fingerprint density at radius 1 is 1.40 bits per heavy atom. The smallest absolute Gasteiger partial charge is 0.222 e. The van der Waals surface area contributed by atoms with Gasteiger partial charge < -0.3 is 10.2 Å². The standard InChI is InChI=1S/C12H24N2O/c1-10(2)8-12(15)14(3)9-11-4-6-13-7-5-11/h10-11,13H,4-9H2,1-3H3. The second-order valence-corrected chi connectivity index (χ2v) is 5.07. The highest BCUT2D eigenvalue weighted by molar-refractivity contribution is 5.76. The molecule has 1 N–H and O–H groups in total. The van der Waals surface area contributed by atoms with Crippen LogP contribution in [0.5, 0.6) is 0 Å². The van der Waals surface area contributed by atoms with E-state index in [0.717, 1.165) is 19.6 Å². The van der Waals surface area contributed by atoms with Gasteiger partial charge in [-0.3, -0.25) is 4.79 Å². The zero-order valence-electron chi connectivity index (χ0n) is 10.3. The Morgan fingerprint density at radius 3 is 2.53 bits per heavy atom. The van der Waals surface area contributed by atoms with Crippen LogP contribution in [0.25, 0.3) is 0 Å². The number of carbonyl (C=O) groups is 1. The molecule has 15 heavy (non-hydrogen) atoms. The lowest BCUT2D eigenvalue weighted by molar-refractivity contribution is -0.131.